The minimum absolute atomic E-state index is 0.107. The molecule has 1 aliphatic rings. The lowest BCUT2D eigenvalue weighted by Crippen LogP contribution is -2.36. The van der Waals surface area contributed by atoms with Crippen LogP contribution in [-0.2, 0) is 25.5 Å². The van der Waals surface area contributed by atoms with Crippen LogP contribution in [0.5, 0.6) is 5.75 Å². The first-order chi connectivity index (χ1) is 14.1. The average molecular weight is 418 g/mol. The van der Waals surface area contributed by atoms with Crippen LogP contribution in [-0.4, -0.2) is 36.7 Å². The molecule has 8 heteroatoms. The zero-order chi connectivity index (χ0) is 22.3. The van der Waals surface area contributed by atoms with E-state index in [4.69, 9.17) is 14.1 Å². The summed E-state index contributed by atoms with van der Waals surface area (Å²) in [7, 11) is -1.18. The van der Waals surface area contributed by atoms with E-state index in [1.54, 1.807) is 32.9 Å². The van der Waals surface area contributed by atoms with E-state index in [0.29, 0.717) is 12.8 Å². The highest BCUT2D eigenvalue weighted by Crippen LogP contribution is 2.36. The third kappa shape index (κ3) is 6.59. The summed E-state index contributed by atoms with van der Waals surface area (Å²) in [6, 6.07) is 5.01. The summed E-state index contributed by atoms with van der Waals surface area (Å²) < 4.78 is 15.6. The second-order valence-electron chi connectivity index (χ2n) is 8.70. The maximum atomic E-state index is 12.4. The van der Waals surface area contributed by atoms with E-state index in [2.05, 4.69) is 6.92 Å². The van der Waals surface area contributed by atoms with Crippen LogP contribution in [0.25, 0.3) is 0 Å². The van der Waals surface area contributed by atoms with Crippen LogP contribution in [0.2, 0.25) is 5.82 Å². The molecule has 0 saturated carbocycles. The number of ether oxygens (including phenoxy) is 2. The van der Waals surface area contributed by atoms with Gasteiger partial charge in [-0.3, -0.25) is 9.59 Å². The fourth-order valence-electron chi connectivity index (χ4n) is 3.22. The Morgan fingerprint density at radius 1 is 1.20 bits per heavy atom. The quantitative estimate of drug-likeness (QED) is 0.282. The number of para-hydroxylation sites is 1. The van der Waals surface area contributed by atoms with Crippen LogP contribution in [0.3, 0.4) is 0 Å². The summed E-state index contributed by atoms with van der Waals surface area (Å²) in [5.41, 5.74) is 0.174. The highest BCUT2D eigenvalue weighted by Gasteiger charge is 2.37. The summed E-state index contributed by atoms with van der Waals surface area (Å²) in [6.45, 7) is 6.67. The van der Waals surface area contributed by atoms with Crippen LogP contribution in [0.15, 0.2) is 18.2 Å². The monoisotopic (exact) mass is 418 g/mol. The van der Waals surface area contributed by atoms with Gasteiger partial charge in [0, 0.05) is 18.7 Å². The summed E-state index contributed by atoms with van der Waals surface area (Å²) in [6.07, 6.45) is 4.08. The van der Waals surface area contributed by atoms with Crippen molar-refractivity contribution < 1.29 is 33.5 Å². The molecule has 0 radical (unpaired) electrons. The topological polar surface area (TPSA) is 99.1 Å². The van der Waals surface area contributed by atoms with Crippen molar-refractivity contribution in [3.8, 4) is 5.75 Å². The zero-order valence-corrected chi connectivity index (χ0v) is 18.2. The highest BCUT2D eigenvalue weighted by atomic mass is 16.7. The van der Waals surface area contributed by atoms with Crippen molar-refractivity contribution in [1.82, 2.24) is 0 Å². The number of carbonyl (C=O) groups is 3. The van der Waals surface area contributed by atoms with E-state index in [0.717, 1.165) is 24.8 Å². The number of hydrogen-bond acceptors (Lipinski definition) is 7. The average Bonchev–Trinajstić information content (AvgIpc) is 2.67. The van der Waals surface area contributed by atoms with Gasteiger partial charge in [-0.2, -0.15) is 0 Å². The van der Waals surface area contributed by atoms with Crippen LogP contribution < -0.4 is 4.65 Å². The molecule has 0 bridgehead atoms. The van der Waals surface area contributed by atoms with Crippen molar-refractivity contribution in [2.45, 2.75) is 72.0 Å². The summed E-state index contributed by atoms with van der Waals surface area (Å²) in [5, 5.41) is 10.4. The van der Waals surface area contributed by atoms with Gasteiger partial charge in [0.25, 0.3) is 0 Å². The van der Waals surface area contributed by atoms with Gasteiger partial charge in [0.15, 0.2) is 0 Å². The van der Waals surface area contributed by atoms with Gasteiger partial charge in [0.2, 0.25) is 6.79 Å². The number of hydrogen-bond donors (Lipinski definition) is 1. The first-order valence-electron chi connectivity index (χ1n) is 10.5. The van der Waals surface area contributed by atoms with Crippen LogP contribution in [0.1, 0.15) is 75.7 Å². The van der Waals surface area contributed by atoms with Crippen LogP contribution >= 0.6 is 0 Å². The zero-order valence-electron chi connectivity index (χ0n) is 18.2. The number of esters is 2. The van der Waals surface area contributed by atoms with Crippen LogP contribution in [0.4, 0.5) is 0 Å². The highest BCUT2D eigenvalue weighted by molar-refractivity contribution is 6.47. The number of ketones is 1. The van der Waals surface area contributed by atoms with E-state index in [1.165, 1.54) is 6.07 Å². The van der Waals surface area contributed by atoms with Crippen molar-refractivity contribution in [2.24, 2.45) is 5.41 Å². The minimum Gasteiger partial charge on any atom is -0.535 e. The molecule has 0 fully saturated rings. The molecule has 1 atom stereocenters. The second-order valence-corrected chi connectivity index (χ2v) is 8.70. The normalized spacial score (nSPS) is 15.8. The lowest BCUT2D eigenvalue weighted by Gasteiger charge is -2.28. The molecule has 1 aliphatic heterocycles. The molecular formula is C22H31BO7. The Hall–Kier alpha value is -2.35. The van der Waals surface area contributed by atoms with Gasteiger partial charge in [0.05, 0.1) is 5.41 Å². The van der Waals surface area contributed by atoms with E-state index < -0.39 is 31.3 Å². The predicted octanol–water partition coefficient (Wildman–Crippen LogP) is 3.72. The molecule has 1 aromatic rings. The van der Waals surface area contributed by atoms with E-state index in [1.807, 2.05) is 0 Å². The molecule has 0 spiro atoms. The number of rotatable bonds is 9. The Kier molecular flexibility index (Phi) is 8.47. The minimum atomic E-state index is -1.18. The SMILES string of the molecule is CCCCCC(=O)C[C@H]1Cc2cccc(C(=O)OCOC(=O)C(C)(C)C)c2OB1O. The standard InChI is InChI=1S/C22H31BO7/c1-5-6-7-10-17(24)13-16-12-15-9-8-11-18(19(15)30-23(16)27)20(25)28-14-29-21(26)22(2,3)4/h8-9,11,16,27H,5-7,10,12-14H2,1-4H3/t16-/m1/s1. The Morgan fingerprint density at radius 3 is 2.60 bits per heavy atom. The Balaban J connectivity index is 1.99. The third-order valence-electron chi connectivity index (χ3n) is 4.98. The molecule has 1 heterocycles. The van der Waals surface area contributed by atoms with E-state index >= 15 is 0 Å². The van der Waals surface area contributed by atoms with Crippen molar-refractivity contribution in [1.29, 1.82) is 0 Å². The number of unbranched alkanes of at least 4 members (excludes halogenated alkanes) is 2. The van der Waals surface area contributed by atoms with Crippen molar-refractivity contribution in [2.75, 3.05) is 6.79 Å². The molecule has 7 nitrogen and oxygen atoms in total. The number of benzene rings is 1. The van der Waals surface area contributed by atoms with Gasteiger partial charge in [-0.05, 0) is 45.2 Å². The predicted molar refractivity (Wildman–Crippen MR) is 112 cm³/mol. The lowest BCUT2D eigenvalue weighted by atomic mass is 9.64. The third-order valence-corrected chi connectivity index (χ3v) is 4.98. The van der Waals surface area contributed by atoms with Gasteiger partial charge >= 0.3 is 19.1 Å². The fraction of sp³-hybridized carbons (Fsp3) is 0.591. The molecule has 1 aromatic carbocycles. The number of fused-ring (bicyclic) bond motifs is 1. The van der Waals surface area contributed by atoms with Crippen molar-refractivity contribution in [3.63, 3.8) is 0 Å². The second kappa shape index (κ2) is 10.6. The largest absolute Gasteiger partial charge is 0.535 e. The smallest absolute Gasteiger partial charge is 0.526 e. The van der Waals surface area contributed by atoms with E-state index in [-0.39, 0.29) is 29.3 Å². The first-order valence-corrected chi connectivity index (χ1v) is 10.5. The molecule has 2 rings (SSSR count). The summed E-state index contributed by atoms with van der Waals surface area (Å²) in [5.74, 6) is -1.20. The lowest BCUT2D eigenvalue weighted by molar-refractivity contribution is -0.161. The number of Topliss-reactive ketones (excluding diaryl/α,β-unsaturated/α-hetero) is 1. The maximum absolute atomic E-state index is 12.4. The Labute approximate surface area is 178 Å². The number of carbonyl (C=O) groups excluding carboxylic acids is 3. The van der Waals surface area contributed by atoms with Gasteiger partial charge in [0.1, 0.15) is 17.1 Å². The van der Waals surface area contributed by atoms with Crippen molar-refractivity contribution in [3.05, 3.63) is 29.3 Å². The van der Waals surface area contributed by atoms with Crippen molar-refractivity contribution >= 4 is 24.8 Å². The summed E-state index contributed by atoms with van der Waals surface area (Å²) in [4.78, 5) is 36.4. The molecule has 30 heavy (non-hydrogen) atoms. The van der Waals surface area contributed by atoms with Gasteiger partial charge in [-0.15, -0.1) is 0 Å². The molecule has 0 unspecified atom stereocenters. The van der Waals surface area contributed by atoms with Gasteiger partial charge in [-0.25, -0.2) is 4.79 Å². The molecule has 0 amide bonds. The Bertz CT molecular complexity index is 769. The summed E-state index contributed by atoms with van der Waals surface area (Å²) >= 11 is 0. The van der Waals surface area contributed by atoms with E-state index in [9.17, 15) is 19.4 Å². The Morgan fingerprint density at radius 2 is 1.93 bits per heavy atom. The van der Waals surface area contributed by atoms with Gasteiger partial charge < -0.3 is 19.2 Å². The maximum Gasteiger partial charge on any atom is 0.526 e. The molecular weight excluding hydrogens is 387 g/mol. The first kappa shape index (κ1) is 23.9. The molecule has 164 valence electrons. The fourth-order valence-corrected chi connectivity index (χ4v) is 3.22. The molecule has 1 N–H and O–H groups in total. The molecule has 0 saturated heterocycles. The van der Waals surface area contributed by atoms with Crippen LogP contribution in [0, 0.1) is 5.41 Å². The van der Waals surface area contributed by atoms with Gasteiger partial charge in [-0.1, -0.05) is 31.9 Å². The molecule has 0 aliphatic carbocycles. The molecule has 0 aromatic heterocycles.